The standard InChI is InChI=1S/C16H20N6O4S4/c1-3-8(27)19-10-12(23)22-11(14(24)25)7(5-28-13(10)22)6-29-16-21-20-9(30-16)4-18-15(26)17-2/h10,13H,3-6H2,1-2H3,(H,19,27)(H,24,25)(H2,17,18,26)/t10?,13-/m1/s1. The number of carboxylic acid groups (broad SMARTS) is 1. The molecule has 1 fully saturated rings. The Morgan fingerprint density at radius 2 is 2.17 bits per heavy atom. The maximum atomic E-state index is 12.6. The van der Waals surface area contributed by atoms with Crippen molar-refractivity contribution in [2.45, 2.75) is 35.6 Å². The highest BCUT2D eigenvalue weighted by Crippen LogP contribution is 2.41. The molecular formula is C16H20N6O4S4. The first-order valence-corrected chi connectivity index (χ1v) is 12.2. The van der Waals surface area contributed by atoms with E-state index in [1.54, 1.807) is 0 Å². The van der Waals surface area contributed by atoms with Crippen LogP contribution in [0.4, 0.5) is 4.79 Å². The molecular weight excluding hydrogens is 468 g/mol. The van der Waals surface area contributed by atoms with Crippen molar-refractivity contribution >= 4 is 70.0 Å². The summed E-state index contributed by atoms with van der Waals surface area (Å²) in [6.45, 7) is 2.16. The van der Waals surface area contributed by atoms with E-state index in [0.29, 0.717) is 37.8 Å². The molecule has 3 amide bonds. The van der Waals surface area contributed by atoms with Crippen LogP contribution in [0.1, 0.15) is 18.4 Å². The Bertz CT molecular complexity index is 904. The average Bonchev–Trinajstić information content (AvgIpc) is 3.20. The van der Waals surface area contributed by atoms with Crippen molar-refractivity contribution in [3.05, 3.63) is 16.3 Å². The molecule has 3 heterocycles. The molecule has 1 aromatic rings. The van der Waals surface area contributed by atoms with Crippen molar-refractivity contribution in [1.82, 2.24) is 31.0 Å². The summed E-state index contributed by atoms with van der Waals surface area (Å²) < 4.78 is 0.663. The Morgan fingerprint density at radius 3 is 2.83 bits per heavy atom. The minimum atomic E-state index is -1.12. The van der Waals surface area contributed by atoms with Gasteiger partial charge in [-0.1, -0.05) is 42.2 Å². The third-order valence-electron chi connectivity index (χ3n) is 4.33. The topological polar surface area (TPSA) is 137 Å². The number of amides is 3. The Morgan fingerprint density at radius 1 is 1.40 bits per heavy atom. The summed E-state index contributed by atoms with van der Waals surface area (Å²) in [6.07, 6.45) is 0.627. The van der Waals surface area contributed by atoms with Gasteiger partial charge in [0.2, 0.25) is 0 Å². The van der Waals surface area contributed by atoms with Crippen LogP contribution in [-0.4, -0.2) is 73.1 Å². The Labute approximate surface area is 190 Å². The van der Waals surface area contributed by atoms with Gasteiger partial charge in [0, 0.05) is 18.6 Å². The predicted octanol–water partition coefficient (Wildman–Crippen LogP) is 1.01. The van der Waals surface area contributed by atoms with Gasteiger partial charge in [-0.15, -0.1) is 22.0 Å². The third-order valence-corrected chi connectivity index (χ3v) is 8.22. The molecule has 3 rings (SSSR count). The first-order valence-electron chi connectivity index (χ1n) is 8.95. The van der Waals surface area contributed by atoms with E-state index in [-0.39, 0.29) is 29.6 Å². The Balaban J connectivity index is 1.65. The second-order valence-corrected chi connectivity index (χ2v) is 10.1. The van der Waals surface area contributed by atoms with Gasteiger partial charge < -0.3 is 21.1 Å². The fourth-order valence-electron chi connectivity index (χ4n) is 2.83. The van der Waals surface area contributed by atoms with E-state index >= 15 is 0 Å². The lowest BCUT2D eigenvalue weighted by atomic mass is 10.0. The van der Waals surface area contributed by atoms with Crippen LogP contribution in [0.15, 0.2) is 15.6 Å². The minimum Gasteiger partial charge on any atom is -0.477 e. The van der Waals surface area contributed by atoms with Crippen molar-refractivity contribution in [3.8, 4) is 0 Å². The number of thiocarbonyl (C=S) groups is 1. The molecule has 0 saturated carbocycles. The summed E-state index contributed by atoms with van der Waals surface area (Å²) in [6, 6.07) is -0.791. The van der Waals surface area contributed by atoms with Gasteiger partial charge in [-0.05, 0) is 12.0 Å². The number of carbonyl (C=O) groups excluding carboxylic acids is 2. The Hall–Kier alpha value is -1.90. The Kier molecular flexibility index (Phi) is 7.55. The zero-order chi connectivity index (χ0) is 21.8. The average molecular weight is 489 g/mol. The maximum Gasteiger partial charge on any atom is 0.352 e. The number of urea groups is 1. The van der Waals surface area contributed by atoms with Gasteiger partial charge in [0.15, 0.2) is 4.34 Å². The van der Waals surface area contributed by atoms with Crippen molar-refractivity contribution in [2.24, 2.45) is 0 Å². The zero-order valence-electron chi connectivity index (χ0n) is 16.1. The molecule has 0 spiro atoms. The quantitative estimate of drug-likeness (QED) is 0.238. The van der Waals surface area contributed by atoms with Crippen molar-refractivity contribution in [1.29, 1.82) is 0 Å². The summed E-state index contributed by atoms with van der Waals surface area (Å²) in [5.41, 5.74) is 0.710. The first kappa shape index (κ1) is 22.8. The fraction of sp³-hybridized carbons (Fsp3) is 0.500. The summed E-state index contributed by atoms with van der Waals surface area (Å²) in [7, 11) is 1.52. The molecule has 30 heavy (non-hydrogen) atoms. The number of aliphatic carboxylic acids is 1. The highest BCUT2D eigenvalue weighted by atomic mass is 32.2. The predicted molar refractivity (Wildman–Crippen MR) is 119 cm³/mol. The van der Waals surface area contributed by atoms with Crippen LogP contribution in [-0.2, 0) is 16.1 Å². The lowest BCUT2D eigenvalue weighted by Crippen LogP contribution is -2.70. The van der Waals surface area contributed by atoms with E-state index in [9.17, 15) is 19.5 Å². The van der Waals surface area contributed by atoms with E-state index in [2.05, 4.69) is 26.1 Å². The smallest absolute Gasteiger partial charge is 0.352 e. The highest BCUT2D eigenvalue weighted by molar-refractivity contribution is 8.01. The van der Waals surface area contributed by atoms with Crippen LogP contribution >= 0.6 is 47.1 Å². The van der Waals surface area contributed by atoms with E-state index in [1.165, 1.54) is 46.8 Å². The van der Waals surface area contributed by atoms with E-state index in [4.69, 9.17) is 12.2 Å². The van der Waals surface area contributed by atoms with Gasteiger partial charge in [0.05, 0.1) is 11.5 Å². The second-order valence-electron chi connectivity index (χ2n) is 6.25. The molecule has 0 aromatic carbocycles. The molecule has 10 nitrogen and oxygen atoms in total. The van der Waals surface area contributed by atoms with Crippen LogP contribution in [0, 0.1) is 0 Å². The number of nitrogens with zero attached hydrogens (tertiary/aromatic N) is 3. The molecule has 2 aliphatic rings. The van der Waals surface area contributed by atoms with Gasteiger partial charge in [0.25, 0.3) is 5.91 Å². The number of hydrogen-bond acceptors (Lipinski definition) is 9. The summed E-state index contributed by atoms with van der Waals surface area (Å²) in [4.78, 5) is 37.6. The second kappa shape index (κ2) is 9.94. The molecule has 0 aliphatic carbocycles. The van der Waals surface area contributed by atoms with Gasteiger partial charge in [-0.3, -0.25) is 9.69 Å². The van der Waals surface area contributed by atoms with Crippen molar-refractivity contribution in [2.75, 3.05) is 18.6 Å². The molecule has 2 aliphatic heterocycles. The number of hydrogen-bond donors (Lipinski definition) is 4. The molecule has 162 valence electrons. The molecule has 1 saturated heterocycles. The molecule has 1 unspecified atom stereocenters. The number of fused-ring (bicyclic) bond motifs is 1. The van der Waals surface area contributed by atoms with Crippen LogP contribution in [0.25, 0.3) is 0 Å². The number of β-lactam (4-membered cyclic amide) rings is 1. The summed E-state index contributed by atoms with van der Waals surface area (Å²) >= 11 is 9.37. The van der Waals surface area contributed by atoms with Crippen molar-refractivity contribution in [3.63, 3.8) is 0 Å². The molecule has 0 radical (unpaired) electrons. The monoisotopic (exact) mass is 488 g/mol. The van der Waals surface area contributed by atoms with Crippen LogP contribution < -0.4 is 16.0 Å². The van der Waals surface area contributed by atoms with Crippen LogP contribution in [0.2, 0.25) is 0 Å². The van der Waals surface area contributed by atoms with Gasteiger partial charge in [-0.2, -0.15) is 0 Å². The van der Waals surface area contributed by atoms with E-state index in [0.717, 1.165) is 0 Å². The van der Waals surface area contributed by atoms with Crippen LogP contribution in [0.3, 0.4) is 0 Å². The largest absolute Gasteiger partial charge is 0.477 e. The SMILES string of the molecule is CCC(=S)NC1C(=O)N2C(C(=O)O)=C(CSc3nnc(CNC(=O)NC)s3)CS[C@H]12. The number of carboxylic acids is 1. The van der Waals surface area contributed by atoms with E-state index < -0.39 is 12.0 Å². The lowest BCUT2D eigenvalue weighted by Gasteiger charge is -2.49. The lowest BCUT2D eigenvalue weighted by molar-refractivity contribution is -0.148. The molecule has 4 N–H and O–H groups in total. The normalized spacial score (nSPS) is 20.3. The number of aromatic nitrogens is 2. The highest BCUT2D eigenvalue weighted by Gasteiger charge is 2.53. The van der Waals surface area contributed by atoms with Crippen molar-refractivity contribution < 1.29 is 19.5 Å². The number of nitrogens with one attached hydrogen (secondary N) is 3. The number of carbonyl (C=O) groups is 3. The summed E-state index contributed by atoms with van der Waals surface area (Å²) in [5.74, 6) is -0.507. The maximum absolute atomic E-state index is 12.6. The first-order chi connectivity index (χ1) is 14.3. The van der Waals surface area contributed by atoms with Gasteiger partial charge >= 0.3 is 12.0 Å². The zero-order valence-corrected chi connectivity index (χ0v) is 19.4. The molecule has 0 bridgehead atoms. The van der Waals surface area contributed by atoms with Crippen LogP contribution in [0.5, 0.6) is 0 Å². The third kappa shape index (κ3) is 4.87. The number of rotatable bonds is 8. The molecule has 14 heteroatoms. The van der Waals surface area contributed by atoms with E-state index in [1.807, 2.05) is 6.92 Å². The summed E-state index contributed by atoms with van der Waals surface area (Å²) in [5, 5.41) is 26.3. The van der Waals surface area contributed by atoms with Gasteiger partial charge in [-0.25, -0.2) is 9.59 Å². The molecule has 2 atom stereocenters. The minimum absolute atomic E-state index is 0.0442. The molecule has 1 aromatic heterocycles. The van der Waals surface area contributed by atoms with Gasteiger partial charge in [0.1, 0.15) is 22.1 Å². The fourth-order valence-corrected chi connectivity index (χ4v) is 6.28. The number of thioether (sulfide) groups is 2.